The molecule has 0 unspecified atom stereocenters. The molecule has 0 saturated heterocycles. The molecule has 0 aliphatic heterocycles. The molecule has 3 aromatic rings. The number of hydrogen-bond donors (Lipinski definition) is 1. The van der Waals surface area contributed by atoms with Crippen LogP contribution in [0.1, 0.15) is 23.5 Å². The Morgan fingerprint density at radius 1 is 1.16 bits per heavy atom. The molecule has 0 atom stereocenters. The van der Waals surface area contributed by atoms with Crippen LogP contribution >= 0.6 is 11.3 Å². The van der Waals surface area contributed by atoms with E-state index < -0.39 is 15.1 Å². The van der Waals surface area contributed by atoms with E-state index in [9.17, 15) is 13.2 Å². The quantitative estimate of drug-likeness (QED) is 0.732. The summed E-state index contributed by atoms with van der Waals surface area (Å²) in [6.07, 6.45) is 0. The molecule has 0 aliphatic rings. The number of thiophene rings is 1. The first-order valence-corrected chi connectivity index (χ1v) is 9.83. The summed E-state index contributed by atoms with van der Waals surface area (Å²) in [5.74, 6) is -0.140. The lowest BCUT2D eigenvalue weighted by atomic mass is 10.2. The van der Waals surface area contributed by atoms with Crippen molar-refractivity contribution in [2.45, 2.75) is 24.0 Å². The second-order valence-electron chi connectivity index (χ2n) is 5.46. The van der Waals surface area contributed by atoms with Crippen molar-refractivity contribution in [1.82, 2.24) is 10.2 Å². The average Bonchev–Trinajstić information content (AvgIpc) is 3.26. The van der Waals surface area contributed by atoms with E-state index in [1.54, 1.807) is 43.5 Å². The summed E-state index contributed by atoms with van der Waals surface area (Å²) < 4.78 is 29.7. The Morgan fingerprint density at radius 2 is 1.88 bits per heavy atom. The molecule has 0 aliphatic carbocycles. The molecule has 2 heterocycles. The fourth-order valence-electron chi connectivity index (χ4n) is 2.02. The van der Waals surface area contributed by atoms with Crippen molar-refractivity contribution in [2.24, 2.45) is 0 Å². The largest absolute Gasteiger partial charge is 0.403 e. The van der Waals surface area contributed by atoms with Gasteiger partial charge in [0.1, 0.15) is 0 Å². The number of nitrogens with one attached hydrogen (secondary N) is 1. The summed E-state index contributed by atoms with van der Waals surface area (Å²) in [4.78, 5) is 12.7. The molecule has 1 amide bonds. The predicted molar refractivity (Wildman–Crippen MR) is 94.3 cm³/mol. The molecule has 2 aromatic heterocycles. The number of carbonyl (C=O) groups excluding carboxylic acids is 1. The van der Waals surface area contributed by atoms with Gasteiger partial charge in [0.15, 0.2) is 9.84 Å². The molecule has 0 bridgehead atoms. The third-order valence-electron chi connectivity index (χ3n) is 3.44. The first kappa shape index (κ1) is 17.3. The number of amides is 1. The van der Waals surface area contributed by atoms with Gasteiger partial charge in [0, 0.05) is 5.56 Å². The molecule has 25 heavy (non-hydrogen) atoms. The molecule has 1 N–H and O–H groups in total. The van der Waals surface area contributed by atoms with E-state index >= 15 is 0 Å². The minimum Gasteiger partial charge on any atom is -0.403 e. The van der Waals surface area contributed by atoms with Gasteiger partial charge in [0.05, 0.1) is 15.0 Å². The highest BCUT2D eigenvalue weighted by atomic mass is 32.2. The van der Waals surface area contributed by atoms with Gasteiger partial charge in [-0.3, -0.25) is 10.1 Å². The molecular weight excluding hydrogens is 362 g/mol. The summed E-state index contributed by atoms with van der Waals surface area (Å²) >= 11 is 1.30. The SMILES string of the molecule is CC(C)S(=O)(=O)c1ccc(-c2nnc(NC(=O)c3cccs3)o2)cc1. The van der Waals surface area contributed by atoms with Crippen molar-refractivity contribution < 1.29 is 17.6 Å². The van der Waals surface area contributed by atoms with Crippen LogP contribution in [0.2, 0.25) is 0 Å². The zero-order chi connectivity index (χ0) is 18.0. The van der Waals surface area contributed by atoms with Gasteiger partial charge in [-0.25, -0.2) is 8.42 Å². The van der Waals surface area contributed by atoms with Gasteiger partial charge in [-0.15, -0.1) is 16.4 Å². The van der Waals surface area contributed by atoms with E-state index in [0.29, 0.717) is 10.4 Å². The number of aromatic nitrogens is 2. The highest BCUT2D eigenvalue weighted by molar-refractivity contribution is 7.92. The van der Waals surface area contributed by atoms with E-state index in [1.807, 2.05) is 0 Å². The minimum absolute atomic E-state index is 0.0210. The summed E-state index contributed by atoms with van der Waals surface area (Å²) in [6.45, 7) is 3.26. The summed E-state index contributed by atoms with van der Waals surface area (Å²) in [5.41, 5.74) is 0.562. The lowest BCUT2D eigenvalue weighted by molar-refractivity contribution is 0.102. The Balaban J connectivity index is 1.77. The van der Waals surface area contributed by atoms with E-state index in [0.717, 1.165) is 0 Å². The lowest BCUT2D eigenvalue weighted by Crippen LogP contribution is -2.13. The van der Waals surface area contributed by atoms with Crippen LogP contribution in [0.25, 0.3) is 11.5 Å². The van der Waals surface area contributed by atoms with E-state index in [1.165, 1.54) is 23.5 Å². The molecule has 7 nitrogen and oxygen atoms in total. The van der Waals surface area contributed by atoms with Gasteiger partial charge in [0.2, 0.25) is 5.89 Å². The van der Waals surface area contributed by atoms with Crippen LogP contribution in [-0.2, 0) is 9.84 Å². The van der Waals surface area contributed by atoms with Gasteiger partial charge < -0.3 is 4.42 Å². The van der Waals surface area contributed by atoms with E-state index in [-0.39, 0.29) is 22.7 Å². The zero-order valence-corrected chi connectivity index (χ0v) is 15.1. The predicted octanol–water partition coefficient (Wildman–Crippen LogP) is 3.23. The smallest absolute Gasteiger partial charge is 0.322 e. The first-order valence-electron chi connectivity index (χ1n) is 7.40. The Bertz CT molecular complexity index is 975. The molecule has 0 spiro atoms. The van der Waals surface area contributed by atoms with Crippen LogP contribution in [0.5, 0.6) is 0 Å². The molecule has 130 valence electrons. The van der Waals surface area contributed by atoms with Crippen LogP contribution in [0.3, 0.4) is 0 Å². The fourth-order valence-corrected chi connectivity index (χ4v) is 3.69. The second kappa shape index (κ2) is 6.77. The van der Waals surface area contributed by atoms with E-state index in [2.05, 4.69) is 15.5 Å². The van der Waals surface area contributed by atoms with E-state index in [4.69, 9.17) is 4.42 Å². The van der Waals surface area contributed by atoms with Crippen molar-refractivity contribution in [3.05, 3.63) is 46.7 Å². The molecule has 0 fully saturated rings. The number of benzene rings is 1. The Labute approximate surface area is 148 Å². The second-order valence-corrected chi connectivity index (χ2v) is 8.91. The first-order chi connectivity index (χ1) is 11.9. The number of anilines is 1. The average molecular weight is 377 g/mol. The van der Waals surface area contributed by atoms with Gasteiger partial charge in [-0.1, -0.05) is 11.2 Å². The molecule has 9 heteroatoms. The van der Waals surface area contributed by atoms with Crippen molar-refractivity contribution in [3.8, 4) is 11.5 Å². The van der Waals surface area contributed by atoms with Crippen LogP contribution in [0, 0.1) is 0 Å². The number of rotatable bonds is 5. The third-order valence-corrected chi connectivity index (χ3v) is 6.48. The van der Waals surface area contributed by atoms with Crippen LogP contribution in [0.15, 0.2) is 51.1 Å². The molecule has 1 aromatic carbocycles. The normalized spacial score (nSPS) is 11.6. The molecular formula is C16H15N3O4S2. The maximum atomic E-state index is 12.1. The van der Waals surface area contributed by atoms with Crippen LogP contribution < -0.4 is 5.32 Å². The summed E-state index contributed by atoms with van der Waals surface area (Å²) in [7, 11) is -3.33. The highest BCUT2D eigenvalue weighted by Gasteiger charge is 2.19. The maximum absolute atomic E-state index is 12.1. The standard InChI is InChI=1S/C16H15N3O4S2/c1-10(2)25(21,22)12-7-5-11(6-8-12)15-18-19-16(23-15)17-14(20)13-4-3-9-24-13/h3-10H,1-2H3,(H,17,19,20). The Morgan fingerprint density at radius 3 is 2.48 bits per heavy atom. The molecule has 3 rings (SSSR count). The summed E-state index contributed by atoms with van der Waals surface area (Å²) in [5, 5.41) is 11.5. The number of hydrogen-bond acceptors (Lipinski definition) is 7. The van der Waals surface area contributed by atoms with Crippen LogP contribution in [0.4, 0.5) is 6.01 Å². The highest BCUT2D eigenvalue weighted by Crippen LogP contribution is 2.23. The van der Waals surface area contributed by atoms with Gasteiger partial charge in [-0.2, -0.15) is 0 Å². The van der Waals surface area contributed by atoms with Gasteiger partial charge >= 0.3 is 6.01 Å². The fraction of sp³-hybridized carbons (Fsp3) is 0.188. The topological polar surface area (TPSA) is 102 Å². The number of sulfone groups is 1. The third kappa shape index (κ3) is 3.62. The summed E-state index contributed by atoms with van der Waals surface area (Å²) in [6, 6.07) is 9.61. The zero-order valence-electron chi connectivity index (χ0n) is 13.5. The van der Waals surface area contributed by atoms with Crippen molar-refractivity contribution in [1.29, 1.82) is 0 Å². The van der Waals surface area contributed by atoms with Gasteiger partial charge in [0.25, 0.3) is 5.91 Å². The maximum Gasteiger partial charge on any atom is 0.322 e. The minimum atomic E-state index is -3.33. The Hall–Kier alpha value is -2.52. The number of nitrogens with zero attached hydrogens (tertiary/aromatic N) is 2. The molecule has 0 saturated carbocycles. The van der Waals surface area contributed by atoms with Crippen molar-refractivity contribution in [2.75, 3.05) is 5.32 Å². The van der Waals surface area contributed by atoms with Crippen molar-refractivity contribution in [3.63, 3.8) is 0 Å². The lowest BCUT2D eigenvalue weighted by Gasteiger charge is -2.07. The van der Waals surface area contributed by atoms with Gasteiger partial charge in [-0.05, 0) is 49.6 Å². The molecule has 0 radical (unpaired) electrons. The van der Waals surface area contributed by atoms with Crippen molar-refractivity contribution >= 4 is 33.1 Å². The monoisotopic (exact) mass is 377 g/mol. The number of carbonyl (C=O) groups is 1. The van der Waals surface area contributed by atoms with Crippen LogP contribution in [-0.4, -0.2) is 29.8 Å². The Kier molecular flexibility index (Phi) is 4.69.